The summed E-state index contributed by atoms with van der Waals surface area (Å²) >= 11 is 0. The van der Waals surface area contributed by atoms with Gasteiger partial charge in [-0.15, -0.1) is 23.6 Å². The molecule has 0 atom stereocenters. The van der Waals surface area contributed by atoms with E-state index < -0.39 is 0 Å². The fourth-order valence-electron chi connectivity index (χ4n) is 0.883. The topological polar surface area (TPSA) is 12.9 Å². The van der Waals surface area contributed by atoms with Gasteiger partial charge in [-0.25, -0.2) is 0 Å². The quantitative estimate of drug-likeness (QED) is 0.722. The van der Waals surface area contributed by atoms with Crippen molar-refractivity contribution in [2.75, 3.05) is 0 Å². The molecule has 12 heavy (non-hydrogen) atoms. The van der Waals surface area contributed by atoms with Crippen LogP contribution in [0.1, 0.15) is 11.3 Å². The predicted octanol–water partition coefficient (Wildman–Crippen LogP) is 3.03. The fraction of sp³-hybridized carbons (Fsp3) is 0.100. The van der Waals surface area contributed by atoms with E-state index in [1.54, 1.807) is 6.20 Å². The van der Waals surface area contributed by atoms with E-state index in [1.165, 1.54) is 0 Å². The molecule has 2 heteroatoms. The highest BCUT2D eigenvalue weighted by molar-refractivity contribution is 8.93. The molecular weight excluding hydrogens is 214 g/mol. The predicted molar refractivity (Wildman–Crippen MR) is 58.6 cm³/mol. The van der Waals surface area contributed by atoms with Crippen molar-refractivity contribution in [3.63, 3.8) is 0 Å². The van der Waals surface area contributed by atoms with E-state index in [0.29, 0.717) is 0 Å². The SMILES string of the molecule is Br.C=CCc1cc(C=C)ccn1. The number of halogens is 1. The maximum absolute atomic E-state index is 4.16. The first-order valence-corrected chi connectivity index (χ1v) is 3.55. The lowest BCUT2D eigenvalue weighted by atomic mass is 10.2. The number of pyridine rings is 1. The Morgan fingerprint density at radius 1 is 1.42 bits per heavy atom. The van der Waals surface area contributed by atoms with E-state index in [4.69, 9.17) is 0 Å². The molecule has 64 valence electrons. The summed E-state index contributed by atoms with van der Waals surface area (Å²) < 4.78 is 0. The number of rotatable bonds is 3. The van der Waals surface area contributed by atoms with Crippen LogP contribution in [0.25, 0.3) is 6.08 Å². The molecule has 0 fully saturated rings. The molecule has 0 spiro atoms. The third-order valence-corrected chi connectivity index (χ3v) is 1.43. The molecule has 0 unspecified atom stereocenters. The minimum atomic E-state index is 0. The second-order valence-corrected chi connectivity index (χ2v) is 2.28. The van der Waals surface area contributed by atoms with Crippen LogP contribution in [0.15, 0.2) is 37.6 Å². The third kappa shape index (κ3) is 3.01. The molecule has 0 bridgehead atoms. The molecule has 0 aliphatic carbocycles. The number of hydrogen-bond donors (Lipinski definition) is 0. The van der Waals surface area contributed by atoms with E-state index in [0.717, 1.165) is 17.7 Å². The van der Waals surface area contributed by atoms with E-state index in [9.17, 15) is 0 Å². The van der Waals surface area contributed by atoms with Gasteiger partial charge in [-0.1, -0.05) is 18.7 Å². The molecule has 0 radical (unpaired) electrons. The lowest BCUT2D eigenvalue weighted by molar-refractivity contribution is 1.11. The Morgan fingerprint density at radius 2 is 2.17 bits per heavy atom. The standard InChI is InChI=1S/C10H11N.BrH/c1-3-5-10-8-9(4-2)6-7-11-10;/h3-4,6-8H,1-2,5H2;1H. The zero-order valence-corrected chi connectivity index (χ0v) is 8.58. The van der Waals surface area contributed by atoms with Gasteiger partial charge in [-0.05, 0) is 17.7 Å². The minimum Gasteiger partial charge on any atom is -0.261 e. The van der Waals surface area contributed by atoms with Gasteiger partial charge in [0.15, 0.2) is 0 Å². The van der Waals surface area contributed by atoms with E-state index in [2.05, 4.69) is 18.1 Å². The Bertz CT molecular complexity index is 268. The molecule has 0 amide bonds. The molecule has 0 aromatic carbocycles. The van der Waals surface area contributed by atoms with Gasteiger partial charge in [0.25, 0.3) is 0 Å². The van der Waals surface area contributed by atoms with Crippen LogP contribution in [0.5, 0.6) is 0 Å². The van der Waals surface area contributed by atoms with Crippen LogP contribution in [0.4, 0.5) is 0 Å². The number of aromatic nitrogens is 1. The highest BCUT2D eigenvalue weighted by Gasteiger charge is 1.90. The van der Waals surface area contributed by atoms with Crippen molar-refractivity contribution < 1.29 is 0 Å². The smallest absolute Gasteiger partial charge is 0.0447 e. The van der Waals surface area contributed by atoms with Crippen molar-refractivity contribution in [3.8, 4) is 0 Å². The first-order valence-electron chi connectivity index (χ1n) is 3.55. The first kappa shape index (κ1) is 11.1. The first-order chi connectivity index (χ1) is 5.36. The molecular formula is C10H12BrN. The van der Waals surface area contributed by atoms with Gasteiger partial charge in [0.2, 0.25) is 0 Å². The highest BCUT2D eigenvalue weighted by atomic mass is 79.9. The molecule has 0 aliphatic rings. The zero-order valence-electron chi connectivity index (χ0n) is 6.86. The zero-order chi connectivity index (χ0) is 8.10. The summed E-state index contributed by atoms with van der Waals surface area (Å²) in [5.41, 5.74) is 2.15. The summed E-state index contributed by atoms with van der Waals surface area (Å²) in [6.45, 7) is 7.32. The van der Waals surface area contributed by atoms with Gasteiger partial charge in [0.05, 0.1) is 0 Å². The number of nitrogens with zero attached hydrogens (tertiary/aromatic N) is 1. The van der Waals surface area contributed by atoms with E-state index >= 15 is 0 Å². The largest absolute Gasteiger partial charge is 0.261 e. The normalized spacial score (nSPS) is 8.33. The molecule has 1 rings (SSSR count). The number of hydrogen-bond acceptors (Lipinski definition) is 1. The third-order valence-electron chi connectivity index (χ3n) is 1.43. The number of allylic oxidation sites excluding steroid dienone is 1. The van der Waals surface area contributed by atoms with Crippen molar-refractivity contribution in [3.05, 3.63) is 48.8 Å². The van der Waals surface area contributed by atoms with Crippen molar-refractivity contribution >= 4 is 23.1 Å². The van der Waals surface area contributed by atoms with Crippen LogP contribution >= 0.6 is 17.0 Å². The maximum Gasteiger partial charge on any atom is 0.0447 e. The summed E-state index contributed by atoms with van der Waals surface area (Å²) in [4.78, 5) is 4.16. The summed E-state index contributed by atoms with van der Waals surface area (Å²) in [7, 11) is 0. The second kappa shape index (κ2) is 5.72. The Morgan fingerprint density at radius 3 is 2.75 bits per heavy atom. The van der Waals surface area contributed by atoms with Crippen LogP contribution in [0, 0.1) is 0 Å². The molecule has 1 heterocycles. The Labute approximate surface area is 83.6 Å². The lowest BCUT2D eigenvalue weighted by Crippen LogP contribution is -1.86. The van der Waals surface area contributed by atoms with Gasteiger partial charge in [-0.3, -0.25) is 4.98 Å². The van der Waals surface area contributed by atoms with Gasteiger partial charge >= 0.3 is 0 Å². The second-order valence-electron chi connectivity index (χ2n) is 2.28. The Kier molecular flexibility index (Phi) is 5.30. The highest BCUT2D eigenvalue weighted by Crippen LogP contribution is 2.03. The minimum absolute atomic E-state index is 0. The molecule has 1 aromatic heterocycles. The molecule has 0 N–H and O–H groups in total. The lowest BCUT2D eigenvalue weighted by Gasteiger charge is -1.96. The average Bonchev–Trinajstić information content (AvgIpc) is 2.06. The monoisotopic (exact) mass is 225 g/mol. The van der Waals surface area contributed by atoms with Gasteiger partial charge in [0, 0.05) is 18.3 Å². The van der Waals surface area contributed by atoms with Crippen LogP contribution in [-0.2, 0) is 6.42 Å². The Balaban J connectivity index is 0.00000121. The maximum atomic E-state index is 4.16. The summed E-state index contributed by atoms with van der Waals surface area (Å²) in [6, 6.07) is 3.94. The van der Waals surface area contributed by atoms with Gasteiger partial charge in [0.1, 0.15) is 0 Å². The Hall–Kier alpha value is -0.890. The molecule has 0 saturated carbocycles. The summed E-state index contributed by atoms with van der Waals surface area (Å²) in [5, 5.41) is 0. The van der Waals surface area contributed by atoms with Crippen LogP contribution in [0.2, 0.25) is 0 Å². The van der Waals surface area contributed by atoms with Crippen LogP contribution in [-0.4, -0.2) is 4.98 Å². The van der Waals surface area contributed by atoms with Crippen molar-refractivity contribution in [2.24, 2.45) is 0 Å². The summed E-state index contributed by atoms with van der Waals surface area (Å²) in [5.74, 6) is 0. The van der Waals surface area contributed by atoms with Crippen molar-refractivity contribution in [2.45, 2.75) is 6.42 Å². The van der Waals surface area contributed by atoms with Gasteiger partial charge in [-0.2, -0.15) is 0 Å². The van der Waals surface area contributed by atoms with Crippen LogP contribution < -0.4 is 0 Å². The van der Waals surface area contributed by atoms with Gasteiger partial charge < -0.3 is 0 Å². The fourth-order valence-corrected chi connectivity index (χ4v) is 0.883. The summed E-state index contributed by atoms with van der Waals surface area (Å²) in [6.07, 6.45) is 6.26. The molecule has 1 nitrogen and oxygen atoms in total. The molecule has 0 saturated heterocycles. The van der Waals surface area contributed by atoms with Crippen LogP contribution in [0.3, 0.4) is 0 Å². The molecule has 0 aliphatic heterocycles. The van der Waals surface area contributed by atoms with Crippen molar-refractivity contribution in [1.29, 1.82) is 0 Å². The van der Waals surface area contributed by atoms with Crippen molar-refractivity contribution in [1.82, 2.24) is 4.98 Å². The molecule has 1 aromatic rings. The van der Waals surface area contributed by atoms with E-state index in [1.807, 2.05) is 24.3 Å². The average molecular weight is 226 g/mol. The van der Waals surface area contributed by atoms with E-state index in [-0.39, 0.29) is 17.0 Å².